The Kier molecular flexibility index (Phi) is 4.72. The Labute approximate surface area is 135 Å². The standard InChI is InChI=1S/C15H23FN6O/c1-11-4-15(23-18-11)10-22-7-12(16)5-13(22)8-20(2)9-14-6-17-19-21(14)3/h4,6,12-13H,5,7-10H2,1-3H3/t12-,13-/m0/s1. The van der Waals surface area contributed by atoms with Gasteiger partial charge in [-0.3, -0.25) is 14.5 Å². The number of nitrogens with zero attached hydrogens (tertiary/aromatic N) is 6. The molecule has 1 aliphatic rings. The summed E-state index contributed by atoms with van der Waals surface area (Å²) in [6, 6.07) is 2.08. The van der Waals surface area contributed by atoms with E-state index in [0.29, 0.717) is 19.5 Å². The lowest BCUT2D eigenvalue weighted by Gasteiger charge is -2.27. The SMILES string of the molecule is Cc1cc(CN2C[C@@H](F)C[C@H]2CN(C)Cc2cnnn2C)on1. The fraction of sp³-hybridized carbons (Fsp3) is 0.667. The van der Waals surface area contributed by atoms with Gasteiger partial charge in [0.1, 0.15) is 6.17 Å². The average Bonchev–Trinajstić information content (AvgIpc) is 3.15. The van der Waals surface area contributed by atoms with E-state index in [-0.39, 0.29) is 6.04 Å². The molecule has 0 unspecified atom stereocenters. The second-order valence-corrected chi connectivity index (χ2v) is 6.40. The minimum atomic E-state index is -0.782. The van der Waals surface area contributed by atoms with E-state index < -0.39 is 6.17 Å². The van der Waals surface area contributed by atoms with Crippen molar-refractivity contribution < 1.29 is 8.91 Å². The first-order chi connectivity index (χ1) is 11.0. The van der Waals surface area contributed by atoms with Gasteiger partial charge >= 0.3 is 0 Å². The van der Waals surface area contributed by atoms with E-state index in [4.69, 9.17) is 4.52 Å². The molecule has 0 aliphatic carbocycles. The monoisotopic (exact) mass is 322 g/mol. The van der Waals surface area contributed by atoms with Gasteiger partial charge in [-0.25, -0.2) is 4.39 Å². The largest absolute Gasteiger partial charge is 0.360 e. The zero-order valence-corrected chi connectivity index (χ0v) is 13.8. The summed E-state index contributed by atoms with van der Waals surface area (Å²) in [5, 5.41) is 11.7. The summed E-state index contributed by atoms with van der Waals surface area (Å²) in [7, 11) is 3.91. The van der Waals surface area contributed by atoms with Gasteiger partial charge < -0.3 is 4.52 Å². The number of alkyl halides is 1. The lowest BCUT2D eigenvalue weighted by molar-refractivity contribution is 0.164. The predicted molar refractivity (Wildman–Crippen MR) is 82.3 cm³/mol. The summed E-state index contributed by atoms with van der Waals surface area (Å²) in [5.74, 6) is 0.792. The molecule has 3 rings (SSSR count). The van der Waals surface area contributed by atoms with Crippen molar-refractivity contribution in [2.75, 3.05) is 20.1 Å². The molecule has 2 atom stereocenters. The molecule has 0 saturated carbocycles. The zero-order chi connectivity index (χ0) is 16.4. The molecule has 0 aromatic carbocycles. The van der Waals surface area contributed by atoms with Crippen LogP contribution in [0.4, 0.5) is 4.39 Å². The van der Waals surface area contributed by atoms with E-state index in [1.54, 1.807) is 10.9 Å². The Morgan fingerprint density at radius 2 is 2.30 bits per heavy atom. The normalized spacial score (nSPS) is 22.3. The van der Waals surface area contributed by atoms with Crippen molar-refractivity contribution in [1.82, 2.24) is 30.0 Å². The highest BCUT2D eigenvalue weighted by atomic mass is 19.1. The quantitative estimate of drug-likeness (QED) is 0.795. The van der Waals surface area contributed by atoms with Crippen molar-refractivity contribution in [3.8, 4) is 0 Å². The Balaban J connectivity index is 1.59. The Bertz CT molecular complexity index is 641. The molecule has 2 aromatic rings. The first-order valence-corrected chi connectivity index (χ1v) is 7.83. The molecule has 7 nitrogen and oxygen atoms in total. The van der Waals surface area contributed by atoms with Gasteiger partial charge in [0.05, 0.1) is 24.1 Å². The summed E-state index contributed by atoms with van der Waals surface area (Å²) in [6.07, 6.45) is 1.54. The second-order valence-electron chi connectivity index (χ2n) is 6.40. The van der Waals surface area contributed by atoms with Crippen LogP contribution in [0.25, 0.3) is 0 Å². The van der Waals surface area contributed by atoms with Crippen LogP contribution in [-0.2, 0) is 20.1 Å². The van der Waals surface area contributed by atoms with Crippen molar-refractivity contribution in [1.29, 1.82) is 0 Å². The lowest BCUT2D eigenvalue weighted by atomic mass is 10.2. The maximum atomic E-state index is 13.9. The first-order valence-electron chi connectivity index (χ1n) is 7.83. The Morgan fingerprint density at radius 1 is 1.48 bits per heavy atom. The van der Waals surface area contributed by atoms with Crippen molar-refractivity contribution in [2.24, 2.45) is 7.05 Å². The number of hydrogen-bond donors (Lipinski definition) is 0. The molecule has 23 heavy (non-hydrogen) atoms. The van der Waals surface area contributed by atoms with Crippen LogP contribution >= 0.6 is 0 Å². The fourth-order valence-corrected chi connectivity index (χ4v) is 3.15. The molecule has 2 aromatic heterocycles. The number of aryl methyl sites for hydroxylation is 2. The lowest BCUT2D eigenvalue weighted by Crippen LogP contribution is -2.38. The molecule has 0 radical (unpaired) electrons. The minimum absolute atomic E-state index is 0.168. The van der Waals surface area contributed by atoms with Gasteiger partial charge in [-0.15, -0.1) is 5.10 Å². The molecule has 0 bridgehead atoms. The zero-order valence-electron chi connectivity index (χ0n) is 13.8. The summed E-state index contributed by atoms with van der Waals surface area (Å²) in [6.45, 7) is 4.48. The van der Waals surface area contributed by atoms with Gasteiger partial charge in [0.25, 0.3) is 0 Å². The van der Waals surface area contributed by atoms with Gasteiger partial charge in [0.2, 0.25) is 0 Å². The average molecular weight is 322 g/mol. The van der Waals surface area contributed by atoms with Crippen LogP contribution in [0.5, 0.6) is 0 Å². The smallest absolute Gasteiger partial charge is 0.150 e. The van der Waals surface area contributed by atoms with Crippen molar-refractivity contribution in [3.63, 3.8) is 0 Å². The van der Waals surface area contributed by atoms with E-state index in [1.165, 1.54) is 0 Å². The number of halogens is 1. The molecular weight excluding hydrogens is 299 g/mol. The molecule has 1 saturated heterocycles. The van der Waals surface area contributed by atoms with E-state index in [2.05, 4.69) is 25.3 Å². The van der Waals surface area contributed by atoms with Crippen molar-refractivity contribution >= 4 is 0 Å². The molecule has 0 amide bonds. The van der Waals surface area contributed by atoms with E-state index >= 15 is 0 Å². The predicted octanol–water partition coefficient (Wildman–Crippen LogP) is 1.16. The minimum Gasteiger partial charge on any atom is -0.360 e. The van der Waals surface area contributed by atoms with E-state index in [1.807, 2.05) is 27.1 Å². The highest BCUT2D eigenvalue weighted by molar-refractivity contribution is 5.04. The molecule has 3 heterocycles. The number of likely N-dealkylation sites (tertiary alicyclic amines) is 1. The summed E-state index contributed by atoms with van der Waals surface area (Å²) in [4.78, 5) is 4.32. The van der Waals surface area contributed by atoms with E-state index in [0.717, 1.165) is 30.2 Å². The van der Waals surface area contributed by atoms with Crippen LogP contribution in [0, 0.1) is 6.92 Å². The van der Waals surface area contributed by atoms with Crippen LogP contribution in [0.3, 0.4) is 0 Å². The number of likely N-dealkylation sites (N-methyl/N-ethyl adjacent to an activating group) is 1. The number of aromatic nitrogens is 4. The van der Waals surface area contributed by atoms with Gasteiger partial charge in [0, 0.05) is 38.8 Å². The third-order valence-corrected chi connectivity index (χ3v) is 4.28. The van der Waals surface area contributed by atoms with Crippen LogP contribution in [0.15, 0.2) is 16.8 Å². The topological polar surface area (TPSA) is 63.2 Å². The summed E-state index contributed by atoms with van der Waals surface area (Å²) < 4.78 is 20.9. The fourth-order valence-electron chi connectivity index (χ4n) is 3.15. The van der Waals surface area contributed by atoms with Gasteiger partial charge in [-0.1, -0.05) is 10.4 Å². The van der Waals surface area contributed by atoms with Gasteiger partial charge in [-0.2, -0.15) is 0 Å². The van der Waals surface area contributed by atoms with Crippen molar-refractivity contribution in [2.45, 2.75) is 38.6 Å². The third kappa shape index (κ3) is 3.94. The number of hydrogen-bond acceptors (Lipinski definition) is 6. The molecule has 8 heteroatoms. The molecule has 0 N–H and O–H groups in total. The van der Waals surface area contributed by atoms with Crippen LogP contribution in [0.2, 0.25) is 0 Å². The van der Waals surface area contributed by atoms with Gasteiger partial charge in [0.15, 0.2) is 5.76 Å². The maximum Gasteiger partial charge on any atom is 0.150 e. The highest BCUT2D eigenvalue weighted by Crippen LogP contribution is 2.24. The van der Waals surface area contributed by atoms with Crippen LogP contribution in [-0.4, -0.2) is 62.3 Å². The molecule has 0 spiro atoms. The maximum absolute atomic E-state index is 13.9. The van der Waals surface area contributed by atoms with Gasteiger partial charge in [-0.05, 0) is 20.4 Å². The molecule has 1 aliphatic heterocycles. The van der Waals surface area contributed by atoms with E-state index in [9.17, 15) is 4.39 Å². The summed E-state index contributed by atoms with van der Waals surface area (Å²) >= 11 is 0. The Hall–Kier alpha value is -1.80. The second kappa shape index (κ2) is 6.76. The van der Waals surface area contributed by atoms with Crippen molar-refractivity contribution in [3.05, 3.63) is 29.4 Å². The van der Waals surface area contributed by atoms with Crippen LogP contribution in [0.1, 0.15) is 23.6 Å². The molecular formula is C15H23FN6O. The summed E-state index contributed by atoms with van der Waals surface area (Å²) in [5.41, 5.74) is 1.90. The molecule has 126 valence electrons. The highest BCUT2D eigenvalue weighted by Gasteiger charge is 2.33. The Morgan fingerprint density at radius 3 is 2.96 bits per heavy atom. The molecule has 1 fully saturated rings. The number of rotatable bonds is 6. The van der Waals surface area contributed by atoms with Crippen LogP contribution < -0.4 is 0 Å². The first kappa shape index (κ1) is 16.1. The third-order valence-electron chi connectivity index (χ3n) is 4.28.